The Morgan fingerprint density at radius 3 is 2.57 bits per heavy atom. The van der Waals surface area contributed by atoms with E-state index in [-0.39, 0.29) is 11.4 Å². The first-order valence-corrected chi connectivity index (χ1v) is 7.72. The second-order valence-electron chi connectivity index (χ2n) is 6.06. The Morgan fingerprint density at radius 2 is 2.00 bits per heavy atom. The Balaban J connectivity index is 2.25. The van der Waals surface area contributed by atoms with Crippen LogP contribution in [-0.4, -0.2) is 10.5 Å². The summed E-state index contributed by atoms with van der Waals surface area (Å²) in [6.07, 6.45) is 0. The van der Waals surface area contributed by atoms with E-state index in [1.54, 1.807) is 6.07 Å². The van der Waals surface area contributed by atoms with Crippen LogP contribution in [0.15, 0.2) is 32.7 Å². The number of nitrogens with zero attached hydrogens (tertiary/aromatic N) is 1. The predicted molar refractivity (Wildman–Crippen MR) is 83.1 cm³/mol. The van der Waals surface area contributed by atoms with E-state index in [1.807, 2.05) is 19.9 Å². The first-order valence-electron chi connectivity index (χ1n) is 6.90. The molecule has 0 saturated carbocycles. The van der Waals surface area contributed by atoms with E-state index < -0.39 is 0 Å². The van der Waals surface area contributed by atoms with Gasteiger partial charge in [0.2, 0.25) is 0 Å². The van der Waals surface area contributed by atoms with Crippen LogP contribution in [0, 0.1) is 19.7 Å². The molecular formula is C16H21FN2OS. The van der Waals surface area contributed by atoms with Crippen LogP contribution in [-0.2, 0) is 6.54 Å². The minimum atomic E-state index is -0.248. The van der Waals surface area contributed by atoms with Gasteiger partial charge >= 0.3 is 0 Å². The lowest BCUT2D eigenvalue weighted by atomic mass is 10.1. The first-order chi connectivity index (χ1) is 9.76. The van der Waals surface area contributed by atoms with Crippen LogP contribution in [0.5, 0.6) is 0 Å². The molecule has 21 heavy (non-hydrogen) atoms. The maximum absolute atomic E-state index is 14.1. The van der Waals surface area contributed by atoms with E-state index >= 15 is 0 Å². The number of oxazole rings is 1. The summed E-state index contributed by atoms with van der Waals surface area (Å²) in [5, 5.41) is 3.86. The van der Waals surface area contributed by atoms with Crippen molar-refractivity contribution >= 4 is 11.8 Å². The van der Waals surface area contributed by atoms with Gasteiger partial charge < -0.3 is 9.73 Å². The summed E-state index contributed by atoms with van der Waals surface area (Å²) in [5.74, 6) is 0.518. The number of halogens is 1. The van der Waals surface area contributed by atoms with Gasteiger partial charge in [0.1, 0.15) is 11.6 Å². The summed E-state index contributed by atoms with van der Waals surface area (Å²) >= 11 is 1.23. The smallest absolute Gasteiger partial charge is 0.261 e. The molecule has 0 unspecified atom stereocenters. The lowest BCUT2D eigenvalue weighted by molar-refractivity contribution is 0.420. The Bertz CT molecular complexity index is 612. The number of benzene rings is 1. The van der Waals surface area contributed by atoms with Crippen molar-refractivity contribution in [2.45, 2.75) is 56.8 Å². The van der Waals surface area contributed by atoms with E-state index in [0.717, 1.165) is 17.0 Å². The fourth-order valence-electron chi connectivity index (χ4n) is 1.74. The fourth-order valence-corrected chi connectivity index (χ4v) is 2.70. The zero-order valence-corrected chi connectivity index (χ0v) is 13.9. The highest BCUT2D eigenvalue weighted by molar-refractivity contribution is 7.99. The number of rotatable bonds is 4. The van der Waals surface area contributed by atoms with Crippen molar-refractivity contribution in [1.82, 2.24) is 10.3 Å². The van der Waals surface area contributed by atoms with Gasteiger partial charge in [0, 0.05) is 12.1 Å². The summed E-state index contributed by atoms with van der Waals surface area (Å²) in [7, 11) is 0. The van der Waals surface area contributed by atoms with Gasteiger partial charge in [-0.15, -0.1) is 0 Å². The van der Waals surface area contributed by atoms with Crippen LogP contribution in [0.1, 0.15) is 37.8 Å². The lowest BCUT2D eigenvalue weighted by Crippen LogP contribution is -2.35. The minimum absolute atomic E-state index is 0.0234. The summed E-state index contributed by atoms with van der Waals surface area (Å²) < 4.78 is 19.7. The van der Waals surface area contributed by atoms with Crippen molar-refractivity contribution < 1.29 is 8.81 Å². The number of aromatic nitrogens is 1. The quantitative estimate of drug-likeness (QED) is 0.904. The van der Waals surface area contributed by atoms with Gasteiger partial charge in [-0.25, -0.2) is 9.37 Å². The van der Waals surface area contributed by atoms with Crippen molar-refractivity contribution in [3.8, 4) is 0 Å². The second-order valence-corrected chi connectivity index (χ2v) is 7.02. The van der Waals surface area contributed by atoms with Crippen LogP contribution in [0.3, 0.4) is 0 Å². The Hall–Kier alpha value is -1.33. The summed E-state index contributed by atoms with van der Waals surface area (Å²) in [4.78, 5) is 4.87. The largest absolute Gasteiger partial charge is 0.436 e. The van der Waals surface area contributed by atoms with E-state index in [0.29, 0.717) is 16.7 Å². The van der Waals surface area contributed by atoms with Gasteiger partial charge in [-0.3, -0.25) is 0 Å². The SMILES string of the molecule is Cc1nc(Sc2c(F)cccc2CNC(C)(C)C)oc1C. The molecule has 1 heterocycles. The monoisotopic (exact) mass is 308 g/mol. The predicted octanol–water partition coefficient (Wildman–Crippen LogP) is 4.47. The van der Waals surface area contributed by atoms with E-state index in [2.05, 4.69) is 31.1 Å². The molecule has 0 fully saturated rings. The molecule has 114 valence electrons. The Kier molecular flexibility index (Phi) is 4.74. The van der Waals surface area contributed by atoms with Gasteiger partial charge in [0.05, 0.1) is 10.6 Å². The third-order valence-corrected chi connectivity index (χ3v) is 4.07. The second kappa shape index (κ2) is 6.20. The zero-order valence-electron chi connectivity index (χ0n) is 13.1. The summed E-state index contributed by atoms with van der Waals surface area (Å²) in [6.45, 7) is 10.6. The van der Waals surface area contributed by atoms with Crippen molar-refractivity contribution in [3.05, 3.63) is 41.0 Å². The summed E-state index contributed by atoms with van der Waals surface area (Å²) in [5.41, 5.74) is 1.72. The maximum atomic E-state index is 14.1. The molecule has 3 nitrogen and oxygen atoms in total. The third kappa shape index (κ3) is 4.32. The molecule has 0 aliphatic rings. The number of aryl methyl sites for hydroxylation is 2. The normalized spacial score (nSPS) is 11.9. The van der Waals surface area contributed by atoms with Crippen molar-refractivity contribution in [3.63, 3.8) is 0 Å². The van der Waals surface area contributed by atoms with Gasteiger partial charge in [-0.2, -0.15) is 0 Å². The molecule has 2 aromatic rings. The van der Waals surface area contributed by atoms with Crippen LogP contribution in [0.25, 0.3) is 0 Å². The molecule has 2 rings (SSSR count). The minimum Gasteiger partial charge on any atom is -0.436 e. The van der Waals surface area contributed by atoms with Gasteiger partial charge in [-0.05, 0) is 58.0 Å². The highest BCUT2D eigenvalue weighted by Crippen LogP contribution is 2.33. The molecule has 0 atom stereocenters. The molecule has 0 bridgehead atoms. The molecular weight excluding hydrogens is 287 g/mol. The molecule has 0 saturated heterocycles. The topological polar surface area (TPSA) is 38.1 Å². The van der Waals surface area contributed by atoms with E-state index in [9.17, 15) is 4.39 Å². The number of hydrogen-bond acceptors (Lipinski definition) is 4. The third-order valence-electron chi connectivity index (χ3n) is 3.06. The highest BCUT2D eigenvalue weighted by atomic mass is 32.2. The van der Waals surface area contributed by atoms with Gasteiger partial charge in [0.15, 0.2) is 0 Å². The molecule has 5 heteroatoms. The fraction of sp³-hybridized carbons (Fsp3) is 0.438. The van der Waals surface area contributed by atoms with E-state index in [4.69, 9.17) is 4.42 Å². The summed E-state index contributed by atoms with van der Waals surface area (Å²) in [6, 6.07) is 5.11. The van der Waals surface area contributed by atoms with Crippen LogP contribution >= 0.6 is 11.8 Å². The maximum Gasteiger partial charge on any atom is 0.261 e. The molecule has 1 aromatic heterocycles. The van der Waals surface area contributed by atoms with Crippen molar-refractivity contribution in [2.24, 2.45) is 0 Å². The molecule has 1 N–H and O–H groups in total. The average molecular weight is 308 g/mol. The number of hydrogen-bond donors (Lipinski definition) is 1. The van der Waals surface area contributed by atoms with Crippen molar-refractivity contribution in [2.75, 3.05) is 0 Å². The molecule has 0 spiro atoms. The standard InChI is InChI=1S/C16H21FN2OS/c1-10-11(2)20-15(19-10)21-14-12(7-6-8-13(14)17)9-18-16(3,4)5/h6-8,18H,9H2,1-5H3. The molecule has 0 aliphatic heterocycles. The highest BCUT2D eigenvalue weighted by Gasteiger charge is 2.16. The van der Waals surface area contributed by atoms with Crippen LogP contribution < -0.4 is 5.32 Å². The Labute approximate surface area is 129 Å². The Morgan fingerprint density at radius 1 is 1.29 bits per heavy atom. The van der Waals surface area contributed by atoms with Gasteiger partial charge in [0.25, 0.3) is 5.22 Å². The van der Waals surface area contributed by atoms with Crippen LogP contribution in [0.2, 0.25) is 0 Å². The zero-order chi connectivity index (χ0) is 15.6. The molecule has 0 radical (unpaired) electrons. The first kappa shape index (κ1) is 16.0. The molecule has 0 amide bonds. The van der Waals surface area contributed by atoms with Crippen LogP contribution in [0.4, 0.5) is 4.39 Å². The lowest BCUT2D eigenvalue weighted by Gasteiger charge is -2.21. The van der Waals surface area contributed by atoms with Gasteiger partial charge in [-0.1, -0.05) is 12.1 Å². The van der Waals surface area contributed by atoms with Crippen molar-refractivity contribution in [1.29, 1.82) is 0 Å². The average Bonchev–Trinajstić information content (AvgIpc) is 2.68. The number of nitrogens with one attached hydrogen (secondary N) is 1. The molecule has 1 aromatic carbocycles. The van der Waals surface area contributed by atoms with E-state index in [1.165, 1.54) is 17.8 Å². The molecule has 0 aliphatic carbocycles.